The predicted octanol–water partition coefficient (Wildman–Crippen LogP) is 3.84. The number of nitrogens with zero attached hydrogens (tertiary/aromatic N) is 1. The number of likely N-dealkylation sites (tertiary alicyclic amines) is 1. The molecule has 19 heavy (non-hydrogen) atoms. The molecular weight excluding hydrogens is 232 g/mol. The molecular formula is C17H28N2. The molecule has 2 nitrogen and oxygen atoms in total. The number of nitrogens with one attached hydrogen (secondary N) is 1. The molecule has 0 saturated carbocycles. The molecule has 0 bridgehead atoms. The second kappa shape index (κ2) is 6.42. The summed E-state index contributed by atoms with van der Waals surface area (Å²) in [5.74, 6) is 0.810. The van der Waals surface area contributed by atoms with Crippen molar-refractivity contribution in [2.45, 2.75) is 46.6 Å². The molecule has 1 saturated heterocycles. The van der Waals surface area contributed by atoms with Crippen molar-refractivity contribution in [2.75, 3.05) is 25.0 Å². The number of anilines is 1. The molecule has 1 fully saturated rings. The minimum Gasteiger partial charge on any atom is -0.382 e. The maximum Gasteiger partial charge on any atom is 0.0345 e. The summed E-state index contributed by atoms with van der Waals surface area (Å²) in [5, 5.41) is 3.69. The van der Waals surface area contributed by atoms with Gasteiger partial charge in [0.05, 0.1) is 0 Å². The first-order valence-corrected chi connectivity index (χ1v) is 7.66. The van der Waals surface area contributed by atoms with E-state index in [9.17, 15) is 0 Å². The summed E-state index contributed by atoms with van der Waals surface area (Å²) >= 11 is 0. The number of benzene rings is 1. The minimum absolute atomic E-state index is 0.570. The monoisotopic (exact) mass is 260 g/mol. The molecule has 0 spiro atoms. The van der Waals surface area contributed by atoms with E-state index >= 15 is 0 Å². The molecule has 1 aliphatic rings. The number of piperidine rings is 1. The van der Waals surface area contributed by atoms with Crippen LogP contribution in [0.15, 0.2) is 18.2 Å². The van der Waals surface area contributed by atoms with Crippen molar-refractivity contribution in [1.29, 1.82) is 0 Å². The first kappa shape index (κ1) is 14.4. The summed E-state index contributed by atoms with van der Waals surface area (Å²) < 4.78 is 0. The molecule has 1 aromatic carbocycles. The summed E-state index contributed by atoms with van der Waals surface area (Å²) in [6.07, 6.45) is 2.65. The van der Waals surface area contributed by atoms with E-state index in [4.69, 9.17) is 0 Å². The van der Waals surface area contributed by atoms with E-state index < -0.39 is 0 Å². The van der Waals surface area contributed by atoms with Crippen LogP contribution in [0, 0.1) is 19.8 Å². The lowest BCUT2D eigenvalue weighted by atomic mass is 9.90. The Morgan fingerprint density at radius 1 is 1.21 bits per heavy atom. The zero-order valence-electron chi connectivity index (χ0n) is 12.9. The van der Waals surface area contributed by atoms with E-state index in [-0.39, 0.29) is 0 Å². The van der Waals surface area contributed by atoms with Gasteiger partial charge in [-0.1, -0.05) is 13.0 Å². The van der Waals surface area contributed by atoms with Gasteiger partial charge in [-0.05, 0) is 82.4 Å². The Morgan fingerprint density at radius 3 is 2.47 bits per heavy atom. The Morgan fingerprint density at radius 2 is 1.89 bits per heavy atom. The van der Waals surface area contributed by atoms with Crippen LogP contribution in [0.5, 0.6) is 0 Å². The predicted molar refractivity (Wildman–Crippen MR) is 83.8 cm³/mol. The molecule has 1 heterocycles. The van der Waals surface area contributed by atoms with Gasteiger partial charge < -0.3 is 10.2 Å². The summed E-state index contributed by atoms with van der Waals surface area (Å²) in [4.78, 5) is 2.55. The van der Waals surface area contributed by atoms with Crippen LogP contribution in [0.4, 0.5) is 5.69 Å². The Bertz CT molecular complexity index is 406. The number of aryl methyl sites for hydroxylation is 2. The van der Waals surface area contributed by atoms with Crippen LogP contribution >= 0.6 is 0 Å². The Labute approximate surface area is 118 Å². The number of hydrogen-bond acceptors (Lipinski definition) is 2. The van der Waals surface area contributed by atoms with Gasteiger partial charge in [-0.2, -0.15) is 0 Å². The van der Waals surface area contributed by atoms with E-state index in [1.807, 2.05) is 0 Å². The van der Waals surface area contributed by atoms with Crippen LogP contribution in [0.2, 0.25) is 0 Å². The van der Waals surface area contributed by atoms with E-state index in [0.717, 1.165) is 5.92 Å². The Hall–Kier alpha value is -1.02. The van der Waals surface area contributed by atoms with Crippen molar-refractivity contribution < 1.29 is 0 Å². The standard InChI is InChI=1S/C17H28N2/c1-5-19-10-8-16(9-11-19)15(4)18-17-7-6-13(2)14(3)12-17/h6-7,12,15-16,18H,5,8-11H2,1-4H3. The molecule has 2 rings (SSSR count). The lowest BCUT2D eigenvalue weighted by Gasteiger charge is -2.35. The molecule has 1 atom stereocenters. The molecule has 0 amide bonds. The van der Waals surface area contributed by atoms with Gasteiger partial charge in [0.25, 0.3) is 0 Å². The third kappa shape index (κ3) is 3.73. The fourth-order valence-electron chi connectivity index (χ4n) is 2.98. The molecule has 1 aromatic rings. The topological polar surface area (TPSA) is 15.3 Å². The Balaban J connectivity index is 1.90. The highest BCUT2D eigenvalue weighted by Crippen LogP contribution is 2.24. The number of rotatable bonds is 4. The maximum absolute atomic E-state index is 3.69. The average Bonchev–Trinajstić information content (AvgIpc) is 2.43. The molecule has 106 valence electrons. The largest absolute Gasteiger partial charge is 0.382 e. The molecule has 0 radical (unpaired) electrons. The maximum atomic E-state index is 3.69. The van der Waals surface area contributed by atoms with Crippen LogP contribution in [0.3, 0.4) is 0 Å². The third-order valence-corrected chi connectivity index (χ3v) is 4.69. The fourth-order valence-corrected chi connectivity index (χ4v) is 2.98. The van der Waals surface area contributed by atoms with Gasteiger partial charge in [-0.3, -0.25) is 0 Å². The van der Waals surface area contributed by atoms with Gasteiger partial charge in [0, 0.05) is 11.7 Å². The van der Waals surface area contributed by atoms with Crippen molar-refractivity contribution in [3.8, 4) is 0 Å². The summed E-state index contributed by atoms with van der Waals surface area (Å²) in [5.41, 5.74) is 4.01. The van der Waals surface area contributed by atoms with Crippen LogP contribution in [0.1, 0.15) is 37.8 Å². The second-order valence-corrected chi connectivity index (χ2v) is 6.00. The lowest BCUT2D eigenvalue weighted by molar-refractivity contribution is 0.183. The van der Waals surface area contributed by atoms with Gasteiger partial charge in [-0.25, -0.2) is 0 Å². The van der Waals surface area contributed by atoms with E-state index in [2.05, 4.69) is 56.1 Å². The second-order valence-electron chi connectivity index (χ2n) is 6.00. The SMILES string of the molecule is CCN1CCC(C(C)Nc2ccc(C)c(C)c2)CC1. The molecule has 1 N–H and O–H groups in total. The highest BCUT2D eigenvalue weighted by molar-refractivity contribution is 5.48. The molecule has 1 unspecified atom stereocenters. The first-order chi connectivity index (χ1) is 9.10. The van der Waals surface area contributed by atoms with E-state index in [1.165, 1.54) is 49.3 Å². The highest BCUT2D eigenvalue weighted by Gasteiger charge is 2.22. The van der Waals surface area contributed by atoms with Crippen molar-refractivity contribution in [3.05, 3.63) is 29.3 Å². The first-order valence-electron chi connectivity index (χ1n) is 7.66. The fraction of sp³-hybridized carbons (Fsp3) is 0.647. The van der Waals surface area contributed by atoms with Crippen molar-refractivity contribution >= 4 is 5.69 Å². The normalized spacial score (nSPS) is 19.4. The van der Waals surface area contributed by atoms with Gasteiger partial charge in [0.15, 0.2) is 0 Å². The van der Waals surface area contributed by atoms with Gasteiger partial charge in [0.1, 0.15) is 0 Å². The van der Waals surface area contributed by atoms with E-state index in [1.54, 1.807) is 0 Å². The molecule has 0 aliphatic carbocycles. The summed E-state index contributed by atoms with van der Waals surface area (Å²) in [7, 11) is 0. The minimum atomic E-state index is 0.570. The van der Waals surface area contributed by atoms with Crippen LogP contribution < -0.4 is 5.32 Å². The van der Waals surface area contributed by atoms with Crippen molar-refractivity contribution in [3.63, 3.8) is 0 Å². The summed E-state index contributed by atoms with van der Waals surface area (Å²) in [6, 6.07) is 7.26. The molecule has 2 heteroatoms. The van der Waals surface area contributed by atoms with Gasteiger partial charge in [-0.15, -0.1) is 0 Å². The zero-order valence-corrected chi connectivity index (χ0v) is 12.9. The molecule has 1 aliphatic heterocycles. The average molecular weight is 260 g/mol. The Kier molecular flexibility index (Phi) is 4.87. The third-order valence-electron chi connectivity index (χ3n) is 4.69. The highest BCUT2D eigenvalue weighted by atomic mass is 15.1. The number of hydrogen-bond donors (Lipinski definition) is 1. The van der Waals surface area contributed by atoms with E-state index in [0.29, 0.717) is 6.04 Å². The van der Waals surface area contributed by atoms with Crippen molar-refractivity contribution in [1.82, 2.24) is 4.90 Å². The van der Waals surface area contributed by atoms with Gasteiger partial charge >= 0.3 is 0 Å². The van der Waals surface area contributed by atoms with Gasteiger partial charge in [0.2, 0.25) is 0 Å². The zero-order chi connectivity index (χ0) is 13.8. The van der Waals surface area contributed by atoms with Crippen molar-refractivity contribution in [2.24, 2.45) is 5.92 Å². The quantitative estimate of drug-likeness (QED) is 0.885. The molecule has 0 aromatic heterocycles. The smallest absolute Gasteiger partial charge is 0.0345 e. The van der Waals surface area contributed by atoms with Crippen LogP contribution in [-0.4, -0.2) is 30.6 Å². The van der Waals surface area contributed by atoms with Crippen LogP contribution in [-0.2, 0) is 0 Å². The summed E-state index contributed by atoms with van der Waals surface area (Å²) in [6.45, 7) is 12.7. The lowest BCUT2D eigenvalue weighted by Crippen LogP contribution is -2.39. The van der Waals surface area contributed by atoms with Crippen LogP contribution in [0.25, 0.3) is 0 Å².